The Labute approximate surface area is 108 Å². The number of hydrogen-bond acceptors (Lipinski definition) is 2. The lowest BCUT2D eigenvalue weighted by Gasteiger charge is -2.17. The first kappa shape index (κ1) is 13.7. The van der Waals surface area contributed by atoms with Gasteiger partial charge in [-0.2, -0.15) is 0 Å². The van der Waals surface area contributed by atoms with Gasteiger partial charge in [-0.15, -0.1) is 0 Å². The molecule has 17 heavy (non-hydrogen) atoms. The molecule has 0 aliphatic carbocycles. The molecule has 0 spiro atoms. The van der Waals surface area contributed by atoms with Crippen LogP contribution in [0.1, 0.15) is 24.2 Å². The van der Waals surface area contributed by atoms with Crippen molar-refractivity contribution in [2.75, 3.05) is 0 Å². The predicted molar refractivity (Wildman–Crippen MR) is 67.9 cm³/mol. The third-order valence-electron chi connectivity index (χ3n) is 2.33. The quantitative estimate of drug-likeness (QED) is 0.896. The molecule has 0 saturated heterocycles. The van der Waals surface area contributed by atoms with Crippen molar-refractivity contribution in [3.05, 3.63) is 34.3 Å². The summed E-state index contributed by atoms with van der Waals surface area (Å²) in [5, 5.41) is 11.5. The number of aliphatic carboxylic acids is 1. The molecule has 0 fully saturated rings. The third kappa shape index (κ3) is 3.85. The highest BCUT2D eigenvalue weighted by atomic mass is 79.9. The number of halogens is 1. The first-order valence-electron chi connectivity index (χ1n) is 5.21. The van der Waals surface area contributed by atoms with E-state index in [1.54, 1.807) is 38.1 Å². The first-order chi connectivity index (χ1) is 7.91. The molecule has 92 valence electrons. The van der Waals surface area contributed by atoms with Gasteiger partial charge in [0.1, 0.15) is 6.04 Å². The van der Waals surface area contributed by atoms with Gasteiger partial charge in [-0.1, -0.05) is 29.8 Å². The molecule has 0 bridgehead atoms. The number of carboxylic acids is 1. The summed E-state index contributed by atoms with van der Waals surface area (Å²) >= 11 is 3.27. The standard InChI is InChI=1S/C12H14BrNO3/c1-7(2)10(12(16)17)14-11(15)8-3-5-9(13)6-4-8/h3-7,10H,1-2H3,(H,14,15)(H,16,17)/t10-/m1/s1. The lowest BCUT2D eigenvalue weighted by Crippen LogP contribution is -2.44. The topological polar surface area (TPSA) is 66.4 Å². The molecule has 0 aliphatic rings. The second-order valence-electron chi connectivity index (χ2n) is 4.04. The number of carbonyl (C=O) groups is 2. The Morgan fingerprint density at radius 2 is 1.76 bits per heavy atom. The van der Waals surface area contributed by atoms with Gasteiger partial charge in [0.25, 0.3) is 5.91 Å². The first-order valence-corrected chi connectivity index (χ1v) is 6.00. The number of hydrogen-bond donors (Lipinski definition) is 2. The van der Waals surface area contributed by atoms with Gasteiger partial charge in [0.2, 0.25) is 0 Å². The lowest BCUT2D eigenvalue weighted by molar-refractivity contribution is -0.140. The lowest BCUT2D eigenvalue weighted by atomic mass is 10.0. The van der Waals surface area contributed by atoms with Crippen LogP contribution < -0.4 is 5.32 Å². The minimum absolute atomic E-state index is 0.160. The molecule has 5 heteroatoms. The Balaban J connectivity index is 2.77. The fraction of sp³-hybridized carbons (Fsp3) is 0.333. The zero-order chi connectivity index (χ0) is 13.0. The molecule has 1 atom stereocenters. The molecule has 0 radical (unpaired) electrons. The highest BCUT2D eigenvalue weighted by Gasteiger charge is 2.23. The zero-order valence-corrected chi connectivity index (χ0v) is 11.2. The summed E-state index contributed by atoms with van der Waals surface area (Å²) in [7, 11) is 0. The van der Waals surface area contributed by atoms with Crippen LogP contribution in [0.3, 0.4) is 0 Å². The van der Waals surface area contributed by atoms with Crippen LogP contribution in [0, 0.1) is 5.92 Å². The molecule has 0 aliphatic heterocycles. The molecule has 1 amide bonds. The smallest absolute Gasteiger partial charge is 0.326 e. The largest absolute Gasteiger partial charge is 0.480 e. The molecular formula is C12H14BrNO3. The average Bonchev–Trinajstić information content (AvgIpc) is 2.25. The maximum absolute atomic E-state index is 11.8. The predicted octanol–water partition coefficient (Wildman–Crippen LogP) is 2.29. The van der Waals surface area contributed by atoms with E-state index in [1.165, 1.54) is 0 Å². The van der Waals surface area contributed by atoms with E-state index < -0.39 is 12.0 Å². The van der Waals surface area contributed by atoms with Crippen LogP contribution in [-0.4, -0.2) is 23.0 Å². The molecule has 4 nitrogen and oxygen atoms in total. The van der Waals surface area contributed by atoms with Crippen LogP contribution in [-0.2, 0) is 4.79 Å². The fourth-order valence-corrected chi connectivity index (χ4v) is 1.60. The van der Waals surface area contributed by atoms with Gasteiger partial charge in [0.05, 0.1) is 0 Å². The summed E-state index contributed by atoms with van der Waals surface area (Å²) in [6.45, 7) is 3.50. The molecule has 1 rings (SSSR count). The van der Waals surface area contributed by atoms with Crippen molar-refractivity contribution in [2.24, 2.45) is 5.92 Å². The number of carboxylic acid groups (broad SMARTS) is 1. The Morgan fingerprint density at radius 3 is 2.18 bits per heavy atom. The van der Waals surface area contributed by atoms with Gasteiger partial charge in [-0.05, 0) is 30.2 Å². The molecule has 0 heterocycles. The number of amides is 1. The Hall–Kier alpha value is -1.36. The molecule has 0 unspecified atom stereocenters. The van der Waals surface area contributed by atoms with Crippen LogP contribution in [0.2, 0.25) is 0 Å². The van der Waals surface area contributed by atoms with Crippen molar-refractivity contribution in [3.8, 4) is 0 Å². The van der Waals surface area contributed by atoms with Crippen LogP contribution in [0.4, 0.5) is 0 Å². The monoisotopic (exact) mass is 299 g/mol. The molecule has 1 aromatic rings. The second-order valence-corrected chi connectivity index (χ2v) is 4.96. The van der Waals surface area contributed by atoms with Crippen molar-refractivity contribution in [3.63, 3.8) is 0 Å². The Kier molecular flexibility index (Phi) is 4.69. The van der Waals surface area contributed by atoms with Gasteiger partial charge in [0.15, 0.2) is 0 Å². The fourth-order valence-electron chi connectivity index (χ4n) is 1.34. The summed E-state index contributed by atoms with van der Waals surface area (Å²) < 4.78 is 0.868. The molecule has 1 aromatic carbocycles. The number of rotatable bonds is 4. The van der Waals surface area contributed by atoms with Crippen LogP contribution in [0.5, 0.6) is 0 Å². The van der Waals surface area contributed by atoms with E-state index >= 15 is 0 Å². The van der Waals surface area contributed by atoms with Crippen LogP contribution in [0.25, 0.3) is 0 Å². The minimum Gasteiger partial charge on any atom is -0.480 e. The Bertz CT molecular complexity index is 414. The second kappa shape index (κ2) is 5.82. The van der Waals surface area contributed by atoms with Gasteiger partial charge in [0, 0.05) is 10.0 Å². The number of benzene rings is 1. The van der Waals surface area contributed by atoms with Crippen molar-refractivity contribution in [1.82, 2.24) is 5.32 Å². The molecule has 0 saturated carbocycles. The maximum Gasteiger partial charge on any atom is 0.326 e. The van der Waals surface area contributed by atoms with E-state index in [-0.39, 0.29) is 11.8 Å². The highest BCUT2D eigenvalue weighted by molar-refractivity contribution is 9.10. The number of carbonyl (C=O) groups excluding carboxylic acids is 1. The van der Waals surface area contributed by atoms with Crippen molar-refractivity contribution in [1.29, 1.82) is 0 Å². The minimum atomic E-state index is -1.02. The van der Waals surface area contributed by atoms with Crippen molar-refractivity contribution >= 4 is 27.8 Å². The third-order valence-corrected chi connectivity index (χ3v) is 2.85. The molecule has 2 N–H and O–H groups in total. The summed E-state index contributed by atoms with van der Waals surface area (Å²) in [4.78, 5) is 22.7. The number of nitrogens with one attached hydrogen (secondary N) is 1. The van der Waals surface area contributed by atoms with Gasteiger partial charge >= 0.3 is 5.97 Å². The SMILES string of the molecule is CC(C)[C@@H](NC(=O)c1ccc(Br)cc1)C(=O)O. The zero-order valence-electron chi connectivity index (χ0n) is 9.61. The summed E-state index contributed by atoms with van der Waals surface area (Å²) in [5.74, 6) is -1.56. The molecular weight excluding hydrogens is 286 g/mol. The summed E-state index contributed by atoms with van der Waals surface area (Å²) in [5.41, 5.74) is 0.445. The van der Waals surface area contributed by atoms with Gasteiger partial charge < -0.3 is 10.4 Å². The highest BCUT2D eigenvalue weighted by Crippen LogP contribution is 2.11. The van der Waals surface area contributed by atoms with Crippen molar-refractivity contribution in [2.45, 2.75) is 19.9 Å². The average molecular weight is 300 g/mol. The Morgan fingerprint density at radius 1 is 1.24 bits per heavy atom. The van der Waals surface area contributed by atoms with E-state index in [1.807, 2.05) is 0 Å². The van der Waals surface area contributed by atoms with E-state index in [4.69, 9.17) is 5.11 Å². The van der Waals surface area contributed by atoms with Crippen LogP contribution >= 0.6 is 15.9 Å². The van der Waals surface area contributed by atoms with E-state index in [0.29, 0.717) is 5.56 Å². The normalized spacial score (nSPS) is 12.2. The van der Waals surface area contributed by atoms with E-state index in [2.05, 4.69) is 21.2 Å². The van der Waals surface area contributed by atoms with Gasteiger partial charge in [-0.3, -0.25) is 4.79 Å². The molecule has 0 aromatic heterocycles. The van der Waals surface area contributed by atoms with Gasteiger partial charge in [-0.25, -0.2) is 4.79 Å². The van der Waals surface area contributed by atoms with Crippen LogP contribution in [0.15, 0.2) is 28.7 Å². The van der Waals surface area contributed by atoms with Crippen molar-refractivity contribution < 1.29 is 14.7 Å². The summed E-state index contributed by atoms with van der Waals surface area (Å²) in [6.07, 6.45) is 0. The summed E-state index contributed by atoms with van der Waals surface area (Å²) in [6, 6.07) is 5.88. The van der Waals surface area contributed by atoms with E-state index in [0.717, 1.165) is 4.47 Å². The van der Waals surface area contributed by atoms with E-state index in [9.17, 15) is 9.59 Å². The maximum atomic E-state index is 11.8.